The van der Waals surface area contributed by atoms with Gasteiger partial charge in [-0.25, -0.2) is 9.53 Å². The molecule has 1 atom stereocenters. The molecule has 0 aliphatic carbocycles. The second kappa shape index (κ2) is 9.48. The van der Waals surface area contributed by atoms with E-state index in [2.05, 4.69) is 31.3 Å². The maximum atomic E-state index is 12.8. The van der Waals surface area contributed by atoms with Gasteiger partial charge in [-0.2, -0.15) is 0 Å². The smallest absolute Gasteiger partial charge is 0.227 e. The van der Waals surface area contributed by atoms with Crippen LogP contribution in [0.1, 0.15) is 22.8 Å². The first-order chi connectivity index (χ1) is 16.2. The maximum absolute atomic E-state index is 12.8. The largest absolute Gasteiger partial charge is 0.372 e. The van der Waals surface area contributed by atoms with Gasteiger partial charge in [-0.15, -0.1) is 5.10 Å². The van der Waals surface area contributed by atoms with Gasteiger partial charge >= 0.3 is 0 Å². The summed E-state index contributed by atoms with van der Waals surface area (Å²) in [4.78, 5) is 20.8. The highest BCUT2D eigenvalue weighted by Gasteiger charge is 2.27. The lowest BCUT2D eigenvalue weighted by Gasteiger charge is -2.38. The van der Waals surface area contributed by atoms with Crippen molar-refractivity contribution in [2.45, 2.75) is 18.9 Å². The van der Waals surface area contributed by atoms with Gasteiger partial charge in [-0.1, -0.05) is 30.3 Å². The molecule has 2 aromatic carbocycles. The van der Waals surface area contributed by atoms with Gasteiger partial charge in [0.2, 0.25) is 5.91 Å². The molecule has 2 aliphatic heterocycles. The highest BCUT2D eigenvalue weighted by molar-refractivity contribution is 5.79. The Kier molecular flexibility index (Phi) is 6.11. The molecule has 0 radical (unpaired) electrons. The van der Waals surface area contributed by atoms with Crippen molar-refractivity contribution in [2.24, 2.45) is 0 Å². The fourth-order valence-electron chi connectivity index (χ4n) is 4.56. The molecule has 168 valence electrons. The molecule has 1 fully saturated rings. The molecular formula is C24H25N7O2. The Morgan fingerprint density at radius 2 is 1.94 bits per heavy atom. The molecule has 9 heteroatoms. The molecule has 0 saturated carbocycles. The Balaban J connectivity index is 1.14. The lowest BCUT2D eigenvalue weighted by molar-refractivity contribution is -0.132. The fourth-order valence-corrected chi connectivity index (χ4v) is 4.56. The fraction of sp³-hybridized carbons (Fsp3) is 0.375. The number of aromatic nitrogens is 4. The summed E-state index contributed by atoms with van der Waals surface area (Å²) in [5.41, 5.74) is 4.84. The van der Waals surface area contributed by atoms with Gasteiger partial charge in [0.1, 0.15) is 6.33 Å². The predicted octanol–water partition coefficient (Wildman–Crippen LogP) is 2.21. The standard InChI is InChI=1S/C24H25N7O2/c1-25-22-4-2-3-21-20(22)9-14-33-23(21)16-29-10-12-30(13-11-29)24(32)15-18-5-7-19(8-6-18)31-17-26-27-28-31/h2-8,17,23H,9-16H2. The zero-order chi connectivity index (χ0) is 22.6. The highest BCUT2D eigenvalue weighted by atomic mass is 16.5. The zero-order valence-corrected chi connectivity index (χ0v) is 18.3. The van der Waals surface area contributed by atoms with Crippen molar-refractivity contribution in [2.75, 3.05) is 39.3 Å². The van der Waals surface area contributed by atoms with E-state index in [1.54, 1.807) is 11.0 Å². The van der Waals surface area contributed by atoms with E-state index in [0.29, 0.717) is 26.1 Å². The van der Waals surface area contributed by atoms with Gasteiger partial charge in [0.25, 0.3) is 0 Å². The summed E-state index contributed by atoms with van der Waals surface area (Å²) < 4.78 is 7.64. The van der Waals surface area contributed by atoms with Gasteiger partial charge < -0.3 is 9.64 Å². The first-order valence-electron chi connectivity index (χ1n) is 11.1. The zero-order valence-electron chi connectivity index (χ0n) is 18.3. The molecule has 1 saturated heterocycles. The molecule has 0 spiro atoms. The van der Waals surface area contributed by atoms with Gasteiger partial charge in [0.05, 0.1) is 31.4 Å². The monoisotopic (exact) mass is 443 g/mol. The molecule has 5 rings (SSSR count). The number of benzene rings is 2. The van der Waals surface area contributed by atoms with Gasteiger partial charge in [-0.3, -0.25) is 9.69 Å². The Morgan fingerprint density at radius 3 is 2.67 bits per heavy atom. The van der Waals surface area contributed by atoms with E-state index in [1.807, 2.05) is 41.3 Å². The minimum Gasteiger partial charge on any atom is -0.372 e. The number of rotatable bonds is 5. The number of tetrazole rings is 1. The third-order valence-corrected chi connectivity index (χ3v) is 6.38. The van der Waals surface area contributed by atoms with Gasteiger partial charge in [0.15, 0.2) is 5.69 Å². The number of amides is 1. The lowest BCUT2D eigenvalue weighted by Crippen LogP contribution is -2.50. The normalized spacial score (nSPS) is 18.5. The van der Waals surface area contributed by atoms with Crippen LogP contribution in [-0.2, 0) is 22.4 Å². The summed E-state index contributed by atoms with van der Waals surface area (Å²) in [5, 5.41) is 11.2. The predicted molar refractivity (Wildman–Crippen MR) is 121 cm³/mol. The minimum atomic E-state index is -0.0172. The Hall–Kier alpha value is -3.61. The number of carbonyl (C=O) groups excluding carboxylic acids is 1. The van der Waals surface area contributed by atoms with Crippen LogP contribution < -0.4 is 0 Å². The van der Waals surface area contributed by atoms with Crippen LogP contribution in [0.4, 0.5) is 5.69 Å². The Morgan fingerprint density at radius 1 is 1.12 bits per heavy atom. The highest BCUT2D eigenvalue weighted by Crippen LogP contribution is 2.34. The Labute approximate surface area is 192 Å². The molecule has 3 aromatic rings. The summed E-state index contributed by atoms with van der Waals surface area (Å²) in [7, 11) is 0. The van der Waals surface area contributed by atoms with Crippen molar-refractivity contribution in [1.29, 1.82) is 0 Å². The van der Waals surface area contributed by atoms with Crippen LogP contribution in [0.25, 0.3) is 10.5 Å². The SMILES string of the molecule is [C-]#[N+]c1cccc2c1CCOC2CN1CCN(C(=O)Cc2ccc(-n3cnnn3)cc2)CC1. The molecular weight excluding hydrogens is 418 g/mol. The molecule has 0 bridgehead atoms. The third-order valence-electron chi connectivity index (χ3n) is 6.38. The number of hydrogen-bond acceptors (Lipinski definition) is 6. The molecule has 0 N–H and O–H groups in total. The number of piperazine rings is 1. The second-order valence-corrected chi connectivity index (χ2v) is 8.35. The van der Waals surface area contributed by atoms with Crippen molar-refractivity contribution in [1.82, 2.24) is 30.0 Å². The maximum Gasteiger partial charge on any atom is 0.227 e. The molecule has 33 heavy (non-hydrogen) atoms. The first-order valence-corrected chi connectivity index (χ1v) is 11.1. The Bertz CT molecular complexity index is 1150. The molecule has 9 nitrogen and oxygen atoms in total. The van der Waals surface area contributed by atoms with Crippen LogP contribution in [0.15, 0.2) is 48.8 Å². The quantitative estimate of drug-likeness (QED) is 0.563. The molecule has 2 aliphatic rings. The summed E-state index contributed by atoms with van der Waals surface area (Å²) in [5.74, 6) is 0.144. The second-order valence-electron chi connectivity index (χ2n) is 8.35. The van der Waals surface area contributed by atoms with Crippen molar-refractivity contribution in [3.05, 3.63) is 76.9 Å². The van der Waals surface area contributed by atoms with Crippen LogP contribution in [0.3, 0.4) is 0 Å². The van der Waals surface area contributed by atoms with E-state index in [1.165, 1.54) is 0 Å². The van der Waals surface area contributed by atoms with Gasteiger partial charge in [-0.05, 0) is 45.7 Å². The summed E-state index contributed by atoms with van der Waals surface area (Å²) in [6, 6.07) is 13.6. The lowest BCUT2D eigenvalue weighted by atomic mass is 9.95. The molecule has 1 unspecified atom stereocenters. The van der Waals surface area contributed by atoms with Crippen LogP contribution >= 0.6 is 0 Å². The van der Waals surface area contributed by atoms with E-state index in [0.717, 1.165) is 54.1 Å². The van der Waals surface area contributed by atoms with E-state index < -0.39 is 0 Å². The molecule has 1 amide bonds. The number of hydrogen-bond donors (Lipinski definition) is 0. The van der Waals surface area contributed by atoms with Crippen LogP contribution in [0.5, 0.6) is 0 Å². The van der Waals surface area contributed by atoms with Gasteiger partial charge in [0, 0.05) is 32.7 Å². The number of ether oxygens (including phenoxy) is 1. The summed E-state index contributed by atoms with van der Waals surface area (Å²) in [6.07, 6.45) is 2.70. The topological polar surface area (TPSA) is 80.7 Å². The number of fused-ring (bicyclic) bond motifs is 1. The first kappa shape index (κ1) is 21.2. The van der Waals surface area contributed by atoms with E-state index in [9.17, 15) is 4.79 Å². The third kappa shape index (κ3) is 4.62. The number of carbonyl (C=O) groups is 1. The van der Waals surface area contributed by atoms with E-state index in [4.69, 9.17) is 11.3 Å². The summed E-state index contributed by atoms with van der Waals surface area (Å²) >= 11 is 0. The van der Waals surface area contributed by atoms with E-state index >= 15 is 0 Å². The van der Waals surface area contributed by atoms with Crippen molar-refractivity contribution >= 4 is 11.6 Å². The number of nitrogens with zero attached hydrogens (tertiary/aromatic N) is 7. The van der Waals surface area contributed by atoms with Crippen molar-refractivity contribution < 1.29 is 9.53 Å². The van der Waals surface area contributed by atoms with Crippen LogP contribution in [-0.4, -0.2) is 75.2 Å². The average Bonchev–Trinajstić information content (AvgIpc) is 3.40. The average molecular weight is 444 g/mol. The summed E-state index contributed by atoms with van der Waals surface area (Å²) in [6.45, 7) is 11.9. The van der Waals surface area contributed by atoms with E-state index in [-0.39, 0.29) is 12.0 Å². The van der Waals surface area contributed by atoms with Crippen LogP contribution in [0.2, 0.25) is 0 Å². The van der Waals surface area contributed by atoms with Crippen molar-refractivity contribution in [3.8, 4) is 5.69 Å². The van der Waals surface area contributed by atoms with Crippen LogP contribution in [0, 0.1) is 6.57 Å². The minimum absolute atomic E-state index is 0.0172. The molecule has 1 aromatic heterocycles. The molecule has 3 heterocycles. The van der Waals surface area contributed by atoms with Crippen molar-refractivity contribution in [3.63, 3.8) is 0 Å².